The summed E-state index contributed by atoms with van der Waals surface area (Å²) in [7, 11) is 0. The van der Waals surface area contributed by atoms with E-state index in [0.29, 0.717) is 0 Å². The standard InChI is InChI=1S/C2H3F3NS/c3-2(4,5)7-1-6/h6H,1H2. The fourth-order valence-corrected chi connectivity index (χ4v) is 0.245. The zero-order valence-electron chi connectivity index (χ0n) is 3.25. The van der Waals surface area contributed by atoms with E-state index in [1.165, 1.54) is 0 Å². The lowest BCUT2D eigenvalue weighted by molar-refractivity contribution is -0.0327. The number of hydrogen-bond acceptors (Lipinski definition) is 1. The second-order valence-corrected chi connectivity index (χ2v) is 1.77. The zero-order chi connectivity index (χ0) is 5.91. The monoisotopic (exact) mass is 130 g/mol. The van der Waals surface area contributed by atoms with E-state index in [1.807, 2.05) is 0 Å². The largest absolute Gasteiger partial charge is 0.443 e. The number of rotatable bonds is 1. The third-order valence-electron chi connectivity index (χ3n) is 0.236. The van der Waals surface area contributed by atoms with Crippen LogP contribution in [-0.2, 0) is 0 Å². The van der Waals surface area contributed by atoms with Gasteiger partial charge in [0.25, 0.3) is 0 Å². The summed E-state index contributed by atoms with van der Waals surface area (Å²) in [6.45, 7) is 0. The van der Waals surface area contributed by atoms with Crippen LogP contribution >= 0.6 is 11.8 Å². The predicted molar refractivity (Wildman–Crippen MR) is 21.6 cm³/mol. The normalized spacial score (nSPS) is 12.0. The summed E-state index contributed by atoms with van der Waals surface area (Å²) < 4.78 is 32.7. The molecule has 0 aromatic rings. The van der Waals surface area contributed by atoms with Crippen LogP contribution in [0.4, 0.5) is 13.2 Å². The smallest absolute Gasteiger partial charge is 0.247 e. The Morgan fingerprint density at radius 2 is 1.86 bits per heavy atom. The molecule has 0 saturated carbocycles. The van der Waals surface area contributed by atoms with E-state index in [2.05, 4.69) is 0 Å². The minimum atomic E-state index is -4.22. The summed E-state index contributed by atoms with van der Waals surface area (Å²) in [4.78, 5) is 0. The zero-order valence-corrected chi connectivity index (χ0v) is 4.07. The highest BCUT2D eigenvalue weighted by Crippen LogP contribution is 2.28. The van der Waals surface area contributed by atoms with Gasteiger partial charge in [0.05, 0.1) is 5.88 Å². The van der Waals surface area contributed by atoms with E-state index in [1.54, 1.807) is 0 Å². The quantitative estimate of drug-likeness (QED) is 0.527. The molecule has 0 fully saturated rings. The van der Waals surface area contributed by atoms with Crippen molar-refractivity contribution in [1.82, 2.24) is 5.73 Å². The molecule has 0 aliphatic rings. The van der Waals surface area contributed by atoms with Crippen molar-refractivity contribution in [1.29, 1.82) is 0 Å². The molecule has 0 heterocycles. The van der Waals surface area contributed by atoms with Crippen molar-refractivity contribution < 1.29 is 13.2 Å². The summed E-state index contributed by atoms with van der Waals surface area (Å²) >= 11 is -0.345. The fourth-order valence-electron chi connectivity index (χ4n) is 0.0818. The molecular weight excluding hydrogens is 127 g/mol. The third-order valence-corrected chi connectivity index (χ3v) is 0.707. The summed E-state index contributed by atoms with van der Waals surface area (Å²) in [6, 6.07) is 0. The molecule has 0 aromatic heterocycles. The maximum absolute atomic E-state index is 10.9. The van der Waals surface area contributed by atoms with Gasteiger partial charge >= 0.3 is 5.51 Å². The van der Waals surface area contributed by atoms with Crippen molar-refractivity contribution >= 4 is 11.8 Å². The second kappa shape index (κ2) is 2.42. The first kappa shape index (κ1) is 7.10. The van der Waals surface area contributed by atoms with Gasteiger partial charge in [0.15, 0.2) is 0 Å². The molecule has 7 heavy (non-hydrogen) atoms. The molecule has 0 unspecified atom stereocenters. The maximum Gasteiger partial charge on any atom is 0.443 e. The lowest BCUT2D eigenvalue weighted by Gasteiger charge is -1.98. The number of halogens is 3. The van der Waals surface area contributed by atoms with Gasteiger partial charge in [-0.1, -0.05) is 0 Å². The molecule has 0 amide bonds. The molecule has 0 aliphatic heterocycles. The summed E-state index contributed by atoms with van der Waals surface area (Å²) in [5.41, 5.74) is 1.88. The van der Waals surface area contributed by atoms with Crippen molar-refractivity contribution in [3.05, 3.63) is 0 Å². The van der Waals surface area contributed by atoms with E-state index in [9.17, 15) is 13.2 Å². The Labute approximate surface area is 43.1 Å². The summed E-state index contributed by atoms with van der Waals surface area (Å²) in [5, 5.41) is 0. The van der Waals surface area contributed by atoms with Crippen molar-refractivity contribution in [3.8, 4) is 0 Å². The first-order chi connectivity index (χ1) is 3.06. The molecule has 1 radical (unpaired) electrons. The van der Waals surface area contributed by atoms with Gasteiger partial charge in [0.1, 0.15) is 0 Å². The highest BCUT2D eigenvalue weighted by Gasteiger charge is 2.26. The van der Waals surface area contributed by atoms with Gasteiger partial charge in [-0.3, -0.25) is 0 Å². The minimum absolute atomic E-state index is 0.345. The van der Waals surface area contributed by atoms with Gasteiger partial charge in [-0.05, 0) is 11.8 Å². The fraction of sp³-hybridized carbons (Fsp3) is 1.00. The van der Waals surface area contributed by atoms with Gasteiger partial charge < -0.3 is 0 Å². The number of nitrogens with one attached hydrogen (secondary N) is 1. The van der Waals surface area contributed by atoms with E-state index in [0.717, 1.165) is 0 Å². The van der Waals surface area contributed by atoms with E-state index in [4.69, 9.17) is 5.73 Å². The molecule has 0 spiro atoms. The van der Waals surface area contributed by atoms with Crippen molar-refractivity contribution in [2.24, 2.45) is 0 Å². The third kappa shape index (κ3) is 6.10. The van der Waals surface area contributed by atoms with Crippen LogP contribution < -0.4 is 5.73 Å². The van der Waals surface area contributed by atoms with Crippen LogP contribution in [0, 0.1) is 0 Å². The van der Waals surface area contributed by atoms with E-state index < -0.39 is 11.4 Å². The topological polar surface area (TPSA) is 23.8 Å². The SMILES string of the molecule is [NH]CSC(F)(F)F. The molecule has 0 aliphatic carbocycles. The van der Waals surface area contributed by atoms with E-state index >= 15 is 0 Å². The molecule has 0 atom stereocenters. The van der Waals surface area contributed by atoms with E-state index in [-0.39, 0.29) is 11.8 Å². The predicted octanol–water partition coefficient (Wildman–Crippen LogP) is 1.48. The van der Waals surface area contributed by atoms with Crippen LogP contribution in [0.3, 0.4) is 0 Å². The van der Waals surface area contributed by atoms with Crippen LogP contribution in [0.2, 0.25) is 0 Å². The number of alkyl halides is 3. The highest BCUT2D eigenvalue weighted by atomic mass is 32.2. The molecule has 0 bridgehead atoms. The van der Waals surface area contributed by atoms with Crippen LogP contribution in [0.1, 0.15) is 0 Å². The minimum Gasteiger partial charge on any atom is -0.247 e. The van der Waals surface area contributed by atoms with Crippen molar-refractivity contribution in [2.75, 3.05) is 5.88 Å². The van der Waals surface area contributed by atoms with Gasteiger partial charge in [0, 0.05) is 0 Å². The van der Waals surface area contributed by atoms with Crippen LogP contribution in [-0.4, -0.2) is 11.4 Å². The Hall–Kier alpha value is 0.100. The maximum atomic E-state index is 10.9. The molecule has 0 saturated heterocycles. The van der Waals surface area contributed by atoms with Crippen LogP contribution in [0.25, 0.3) is 0 Å². The Morgan fingerprint density at radius 1 is 1.43 bits per heavy atom. The van der Waals surface area contributed by atoms with Gasteiger partial charge in [-0.25, -0.2) is 5.73 Å². The molecule has 1 nitrogen and oxygen atoms in total. The molecular formula is C2H3F3NS. The first-order valence-electron chi connectivity index (χ1n) is 1.41. The van der Waals surface area contributed by atoms with Crippen LogP contribution in [0.15, 0.2) is 0 Å². The average Bonchev–Trinajstić information content (AvgIpc) is 1.30. The number of hydrogen-bond donors (Lipinski definition) is 0. The molecule has 0 rings (SSSR count). The van der Waals surface area contributed by atoms with Gasteiger partial charge in [-0.2, -0.15) is 13.2 Å². The molecule has 1 N–H and O–H groups in total. The van der Waals surface area contributed by atoms with Crippen LogP contribution in [0.5, 0.6) is 0 Å². The second-order valence-electron chi connectivity index (χ2n) is 0.734. The number of thioether (sulfide) groups is 1. The summed E-state index contributed by atoms with van der Waals surface area (Å²) in [6.07, 6.45) is 0. The lowest BCUT2D eigenvalue weighted by Crippen LogP contribution is -2.00. The Balaban J connectivity index is 3.15. The molecule has 0 aromatic carbocycles. The van der Waals surface area contributed by atoms with Gasteiger partial charge in [-0.15, -0.1) is 0 Å². The van der Waals surface area contributed by atoms with Crippen molar-refractivity contribution in [2.45, 2.75) is 5.51 Å². The molecule has 5 heteroatoms. The Kier molecular flexibility index (Phi) is 2.45. The lowest BCUT2D eigenvalue weighted by atomic mass is 11.5. The van der Waals surface area contributed by atoms with Crippen molar-refractivity contribution in [3.63, 3.8) is 0 Å². The first-order valence-corrected chi connectivity index (χ1v) is 2.40. The molecule has 43 valence electrons. The van der Waals surface area contributed by atoms with Gasteiger partial charge in [0.2, 0.25) is 0 Å². The Morgan fingerprint density at radius 3 is 1.86 bits per heavy atom. The Bertz CT molecular complexity index is 51.4. The average molecular weight is 130 g/mol. The highest BCUT2D eigenvalue weighted by molar-refractivity contribution is 8.00. The summed E-state index contributed by atoms with van der Waals surface area (Å²) in [5.74, 6) is -0.649.